The quantitative estimate of drug-likeness (QED) is 0.451. The molecule has 5 rings (SSSR count). The van der Waals surface area contributed by atoms with Crippen LogP contribution in [0.3, 0.4) is 0 Å². The minimum Gasteiger partial charge on any atom is -0.393 e. The predicted molar refractivity (Wildman–Crippen MR) is 130 cm³/mol. The molecular formula is C27H26FN3O4. The standard InChI is InChI=1S/C27H26FN3O4/c1-16-25(15-35-30-16)18-2-7-24-19(12-18)8-9-31(27(24)34)14-17-10-20(13-21(28)11-17)26(33)29-22-3-5-23(32)6-4-22/h2,7-13,15,22-23,32H,3-6,14H2,1H3,(H,29,33)/t22-,23+. The smallest absolute Gasteiger partial charge is 0.258 e. The molecule has 0 radical (unpaired) electrons. The van der Waals surface area contributed by atoms with Crippen LogP contribution in [0.2, 0.25) is 0 Å². The number of aliphatic hydroxyl groups excluding tert-OH is 1. The maximum absolute atomic E-state index is 14.4. The first kappa shape index (κ1) is 23.0. The molecule has 4 aromatic rings. The average Bonchev–Trinajstić information content (AvgIpc) is 3.27. The zero-order valence-corrected chi connectivity index (χ0v) is 19.3. The number of aliphatic hydroxyl groups is 1. The summed E-state index contributed by atoms with van der Waals surface area (Å²) in [6.07, 6.45) is 5.61. The molecule has 0 spiro atoms. The summed E-state index contributed by atoms with van der Waals surface area (Å²) >= 11 is 0. The Morgan fingerprint density at radius 1 is 1.17 bits per heavy atom. The van der Waals surface area contributed by atoms with Crippen molar-refractivity contribution in [1.82, 2.24) is 15.0 Å². The van der Waals surface area contributed by atoms with Gasteiger partial charge in [0.15, 0.2) is 0 Å². The SMILES string of the molecule is Cc1nocc1-c1ccc2c(=O)n(Cc3cc(F)cc(C(=O)N[C@H]4CC[C@@H](O)CC4)c3)ccc2c1. The van der Waals surface area contributed by atoms with Gasteiger partial charge in [0, 0.05) is 28.8 Å². The summed E-state index contributed by atoms with van der Waals surface area (Å²) in [4.78, 5) is 25.9. The van der Waals surface area contributed by atoms with Gasteiger partial charge in [-0.2, -0.15) is 0 Å². The lowest BCUT2D eigenvalue weighted by Crippen LogP contribution is -2.38. The fraction of sp³-hybridized carbons (Fsp3) is 0.296. The normalized spacial score (nSPS) is 18.0. The highest BCUT2D eigenvalue weighted by molar-refractivity contribution is 5.94. The molecule has 0 atom stereocenters. The molecule has 1 fully saturated rings. The molecule has 0 unspecified atom stereocenters. The molecule has 7 nitrogen and oxygen atoms in total. The van der Waals surface area contributed by atoms with E-state index in [9.17, 15) is 19.1 Å². The van der Waals surface area contributed by atoms with Crippen molar-refractivity contribution in [3.8, 4) is 11.1 Å². The van der Waals surface area contributed by atoms with E-state index in [2.05, 4.69) is 10.5 Å². The lowest BCUT2D eigenvalue weighted by atomic mass is 9.93. The summed E-state index contributed by atoms with van der Waals surface area (Å²) < 4.78 is 20.9. The monoisotopic (exact) mass is 475 g/mol. The number of fused-ring (bicyclic) bond motifs is 1. The van der Waals surface area contributed by atoms with Gasteiger partial charge in [0.25, 0.3) is 11.5 Å². The number of benzene rings is 2. The van der Waals surface area contributed by atoms with Crippen LogP contribution >= 0.6 is 0 Å². The highest BCUT2D eigenvalue weighted by Crippen LogP contribution is 2.25. The molecule has 0 saturated heterocycles. The number of nitrogens with one attached hydrogen (secondary N) is 1. The minimum atomic E-state index is -0.533. The number of hydrogen-bond donors (Lipinski definition) is 2. The maximum Gasteiger partial charge on any atom is 0.258 e. The molecule has 35 heavy (non-hydrogen) atoms. The second-order valence-electron chi connectivity index (χ2n) is 9.19. The number of carbonyl (C=O) groups is 1. The lowest BCUT2D eigenvalue weighted by molar-refractivity contribution is 0.0867. The van der Waals surface area contributed by atoms with Crippen LogP contribution in [-0.4, -0.2) is 32.9 Å². The molecule has 0 aliphatic heterocycles. The zero-order valence-electron chi connectivity index (χ0n) is 19.3. The third kappa shape index (κ3) is 4.88. The summed E-state index contributed by atoms with van der Waals surface area (Å²) in [5.74, 6) is -0.885. The molecule has 2 heterocycles. The largest absolute Gasteiger partial charge is 0.393 e. The number of nitrogens with zero attached hydrogens (tertiary/aromatic N) is 2. The Hall–Kier alpha value is -3.78. The second-order valence-corrected chi connectivity index (χ2v) is 9.19. The summed E-state index contributed by atoms with van der Waals surface area (Å²) in [5, 5.41) is 17.8. The van der Waals surface area contributed by atoms with E-state index in [0.717, 1.165) is 22.2 Å². The van der Waals surface area contributed by atoms with Crippen molar-refractivity contribution >= 4 is 16.7 Å². The highest BCUT2D eigenvalue weighted by atomic mass is 19.1. The van der Waals surface area contributed by atoms with Crippen molar-refractivity contribution in [2.45, 2.75) is 51.3 Å². The van der Waals surface area contributed by atoms with Gasteiger partial charge in [0.1, 0.15) is 12.1 Å². The Morgan fingerprint density at radius 2 is 1.97 bits per heavy atom. The van der Waals surface area contributed by atoms with E-state index in [0.29, 0.717) is 36.6 Å². The number of aryl methyl sites for hydroxylation is 1. The van der Waals surface area contributed by atoms with Gasteiger partial charge in [0.05, 0.1) is 18.3 Å². The summed E-state index contributed by atoms with van der Waals surface area (Å²) in [6.45, 7) is 1.99. The van der Waals surface area contributed by atoms with E-state index in [4.69, 9.17) is 4.52 Å². The molecule has 8 heteroatoms. The second kappa shape index (κ2) is 9.46. The fourth-order valence-electron chi connectivity index (χ4n) is 4.71. The Labute approximate surface area is 201 Å². The van der Waals surface area contributed by atoms with Crippen LogP contribution < -0.4 is 10.9 Å². The minimum absolute atomic E-state index is 0.0350. The summed E-state index contributed by atoms with van der Waals surface area (Å²) in [7, 11) is 0. The van der Waals surface area contributed by atoms with Crippen LogP contribution in [0.15, 0.2) is 64.2 Å². The Kier molecular flexibility index (Phi) is 6.21. The maximum atomic E-state index is 14.4. The molecule has 1 saturated carbocycles. The summed E-state index contributed by atoms with van der Waals surface area (Å²) in [6, 6.07) is 11.5. The van der Waals surface area contributed by atoms with Gasteiger partial charge < -0.3 is 19.5 Å². The fourth-order valence-corrected chi connectivity index (χ4v) is 4.71. The highest BCUT2D eigenvalue weighted by Gasteiger charge is 2.21. The van der Waals surface area contributed by atoms with E-state index in [1.165, 1.54) is 16.7 Å². The van der Waals surface area contributed by atoms with Gasteiger partial charge >= 0.3 is 0 Å². The van der Waals surface area contributed by atoms with Crippen molar-refractivity contribution in [1.29, 1.82) is 0 Å². The van der Waals surface area contributed by atoms with Crippen LogP contribution in [0.4, 0.5) is 4.39 Å². The number of hydrogen-bond acceptors (Lipinski definition) is 5. The number of rotatable bonds is 5. The Morgan fingerprint density at radius 3 is 2.71 bits per heavy atom. The van der Waals surface area contributed by atoms with E-state index in [1.54, 1.807) is 24.6 Å². The first-order chi connectivity index (χ1) is 16.9. The third-order valence-corrected chi connectivity index (χ3v) is 6.64. The van der Waals surface area contributed by atoms with Crippen LogP contribution in [0, 0.1) is 12.7 Å². The van der Waals surface area contributed by atoms with Gasteiger partial charge in [-0.1, -0.05) is 11.2 Å². The first-order valence-electron chi connectivity index (χ1n) is 11.7. The van der Waals surface area contributed by atoms with Gasteiger partial charge in [-0.15, -0.1) is 0 Å². The topological polar surface area (TPSA) is 97.4 Å². The number of pyridine rings is 1. The molecule has 1 amide bonds. The van der Waals surface area contributed by atoms with Gasteiger partial charge in [-0.25, -0.2) is 4.39 Å². The lowest BCUT2D eigenvalue weighted by Gasteiger charge is -2.26. The van der Waals surface area contributed by atoms with Gasteiger partial charge in [0.2, 0.25) is 0 Å². The molecule has 0 bridgehead atoms. The summed E-state index contributed by atoms with van der Waals surface area (Å²) in [5.41, 5.74) is 3.07. The van der Waals surface area contributed by atoms with Crippen LogP contribution in [-0.2, 0) is 6.54 Å². The number of carbonyl (C=O) groups excluding carboxylic acids is 1. The first-order valence-corrected chi connectivity index (χ1v) is 11.7. The van der Waals surface area contributed by atoms with Crippen LogP contribution in [0.5, 0.6) is 0 Å². The molecular weight excluding hydrogens is 449 g/mol. The number of halogens is 1. The third-order valence-electron chi connectivity index (χ3n) is 6.64. The van der Waals surface area contributed by atoms with E-state index in [1.807, 2.05) is 25.1 Å². The van der Waals surface area contributed by atoms with Crippen LogP contribution in [0.25, 0.3) is 21.9 Å². The van der Waals surface area contributed by atoms with Gasteiger partial charge in [-0.05, 0) is 85.5 Å². The van der Waals surface area contributed by atoms with Crippen molar-refractivity contribution in [3.63, 3.8) is 0 Å². The molecule has 2 aromatic heterocycles. The predicted octanol–water partition coefficient (Wildman–Crippen LogP) is 4.19. The molecule has 180 valence electrons. The van der Waals surface area contributed by atoms with E-state index in [-0.39, 0.29) is 35.7 Å². The average molecular weight is 476 g/mol. The molecule has 1 aliphatic rings. The van der Waals surface area contributed by atoms with Crippen molar-refractivity contribution in [3.05, 3.63) is 87.9 Å². The van der Waals surface area contributed by atoms with Crippen LogP contribution in [0.1, 0.15) is 47.3 Å². The van der Waals surface area contributed by atoms with E-state index < -0.39 is 5.82 Å². The zero-order chi connectivity index (χ0) is 24.5. The molecule has 2 aromatic carbocycles. The van der Waals surface area contributed by atoms with Crippen molar-refractivity contribution in [2.75, 3.05) is 0 Å². The van der Waals surface area contributed by atoms with Crippen molar-refractivity contribution in [2.24, 2.45) is 0 Å². The number of amides is 1. The van der Waals surface area contributed by atoms with Crippen molar-refractivity contribution < 1.29 is 18.8 Å². The molecule has 2 N–H and O–H groups in total. The number of aromatic nitrogens is 2. The molecule has 1 aliphatic carbocycles. The van der Waals surface area contributed by atoms with E-state index >= 15 is 0 Å². The van der Waals surface area contributed by atoms with Gasteiger partial charge in [-0.3, -0.25) is 9.59 Å². The Bertz CT molecular complexity index is 1450. The Balaban J connectivity index is 1.38.